The van der Waals surface area contributed by atoms with Gasteiger partial charge in [-0.25, -0.2) is 14.8 Å². The average molecular weight is 248 g/mol. The number of anilines is 1. The summed E-state index contributed by atoms with van der Waals surface area (Å²) in [5, 5.41) is 4.56. The van der Waals surface area contributed by atoms with E-state index in [9.17, 15) is 4.79 Å². The van der Waals surface area contributed by atoms with Crippen LogP contribution in [-0.4, -0.2) is 36.2 Å². The van der Waals surface area contributed by atoms with Crippen LogP contribution in [0.1, 0.15) is 6.42 Å². The van der Waals surface area contributed by atoms with E-state index in [0.717, 1.165) is 19.5 Å². The molecule has 2 N–H and O–H groups in total. The molecule has 6 heteroatoms. The minimum atomic E-state index is -0.266. The van der Waals surface area contributed by atoms with Gasteiger partial charge in [0, 0.05) is 19.2 Å². The second kappa shape index (κ2) is 6.02. The van der Waals surface area contributed by atoms with Gasteiger partial charge in [0.15, 0.2) is 0 Å². The Morgan fingerprint density at radius 1 is 1.44 bits per heavy atom. The van der Waals surface area contributed by atoms with Crippen molar-refractivity contribution in [2.75, 3.05) is 25.5 Å². The number of amides is 2. The van der Waals surface area contributed by atoms with Crippen LogP contribution in [0.3, 0.4) is 0 Å². The van der Waals surface area contributed by atoms with Gasteiger partial charge in [0.1, 0.15) is 0 Å². The molecule has 18 heavy (non-hydrogen) atoms. The van der Waals surface area contributed by atoms with Gasteiger partial charge in [0.05, 0.1) is 19.0 Å². The number of carbonyl (C=O) groups is 1. The van der Waals surface area contributed by atoms with Gasteiger partial charge in [-0.1, -0.05) is 12.2 Å². The van der Waals surface area contributed by atoms with Gasteiger partial charge in [-0.15, -0.1) is 0 Å². The normalized spacial score (nSPS) is 15.2. The lowest BCUT2D eigenvalue weighted by molar-refractivity contribution is 0.196. The third-order valence-electron chi connectivity index (χ3n) is 2.52. The van der Waals surface area contributed by atoms with Crippen LogP contribution in [0.4, 0.5) is 10.5 Å². The van der Waals surface area contributed by atoms with Crippen molar-refractivity contribution in [3.63, 3.8) is 0 Å². The van der Waals surface area contributed by atoms with Crippen molar-refractivity contribution < 1.29 is 9.53 Å². The number of nitrogens with zero attached hydrogens (tertiary/aromatic N) is 2. The molecule has 1 aromatic rings. The van der Waals surface area contributed by atoms with Crippen molar-refractivity contribution in [2.24, 2.45) is 0 Å². The number of nitrogens with one attached hydrogen (secondary N) is 2. The molecule has 1 aliphatic heterocycles. The summed E-state index contributed by atoms with van der Waals surface area (Å²) in [6.45, 7) is 1.55. The summed E-state index contributed by atoms with van der Waals surface area (Å²) >= 11 is 0. The number of urea groups is 1. The Morgan fingerprint density at radius 2 is 2.33 bits per heavy atom. The molecular formula is C12H16N4O2. The van der Waals surface area contributed by atoms with Crippen LogP contribution in [0.5, 0.6) is 5.88 Å². The zero-order valence-corrected chi connectivity index (χ0v) is 10.2. The Bertz CT molecular complexity index is 430. The minimum absolute atomic E-state index is 0.266. The fourth-order valence-corrected chi connectivity index (χ4v) is 1.62. The zero-order valence-electron chi connectivity index (χ0n) is 10.2. The summed E-state index contributed by atoms with van der Waals surface area (Å²) in [6, 6.07) is 3.16. The van der Waals surface area contributed by atoms with E-state index in [-0.39, 0.29) is 6.03 Å². The molecule has 2 amide bonds. The van der Waals surface area contributed by atoms with E-state index in [4.69, 9.17) is 4.74 Å². The van der Waals surface area contributed by atoms with Crippen LogP contribution < -0.4 is 15.5 Å². The quantitative estimate of drug-likeness (QED) is 0.793. The van der Waals surface area contributed by atoms with Gasteiger partial charge in [-0.3, -0.25) is 5.43 Å². The maximum atomic E-state index is 11.7. The number of rotatable bonds is 3. The first-order valence-corrected chi connectivity index (χ1v) is 5.75. The van der Waals surface area contributed by atoms with E-state index in [1.165, 1.54) is 0 Å². The molecule has 0 spiro atoms. The molecule has 96 valence electrons. The van der Waals surface area contributed by atoms with Crippen LogP contribution in [0.2, 0.25) is 0 Å². The van der Waals surface area contributed by atoms with Crippen molar-refractivity contribution in [1.29, 1.82) is 0 Å². The summed E-state index contributed by atoms with van der Waals surface area (Å²) in [6.07, 6.45) is 6.63. The van der Waals surface area contributed by atoms with Crippen molar-refractivity contribution >= 4 is 11.7 Å². The van der Waals surface area contributed by atoms with Gasteiger partial charge in [0.2, 0.25) is 5.88 Å². The SMILES string of the molecule is COc1ccc(NC(=O)NN2CC=CCC2)cn1. The fraction of sp³-hybridized carbons (Fsp3) is 0.333. The molecule has 0 aliphatic carbocycles. The summed E-state index contributed by atoms with van der Waals surface area (Å²) < 4.78 is 4.94. The van der Waals surface area contributed by atoms with E-state index < -0.39 is 0 Å². The highest BCUT2D eigenvalue weighted by atomic mass is 16.5. The first-order chi connectivity index (χ1) is 8.78. The van der Waals surface area contributed by atoms with Crippen molar-refractivity contribution in [3.05, 3.63) is 30.5 Å². The Morgan fingerprint density at radius 3 is 2.94 bits per heavy atom. The van der Waals surface area contributed by atoms with E-state index in [1.54, 1.807) is 25.4 Å². The molecule has 0 bridgehead atoms. The molecule has 0 saturated carbocycles. The second-order valence-corrected chi connectivity index (χ2v) is 3.86. The molecule has 6 nitrogen and oxygen atoms in total. The predicted molar refractivity (Wildman–Crippen MR) is 68.3 cm³/mol. The van der Waals surface area contributed by atoms with Gasteiger partial charge in [-0.2, -0.15) is 0 Å². The monoisotopic (exact) mass is 248 g/mol. The highest BCUT2D eigenvalue weighted by molar-refractivity contribution is 5.88. The Labute approximate surface area is 106 Å². The van der Waals surface area contributed by atoms with Gasteiger partial charge < -0.3 is 10.1 Å². The lowest BCUT2D eigenvalue weighted by Crippen LogP contribution is -2.45. The van der Waals surface area contributed by atoms with E-state index in [1.807, 2.05) is 11.1 Å². The van der Waals surface area contributed by atoms with E-state index in [0.29, 0.717) is 11.6 Å². The topological polar surface area (TPSA) is 66.5 Å². The van der Waals surface area contributed by atoms with Crippen LogP contribution in [-0.2, 0) is 0 Å². The van der Waals surface area contributed by atoms with Gasteiger partial charge >= 0.3 is 6.03 Å². The molecule has 0 fully saturated rings. The molecular weight excluding hydrogens is 232 g/mol. The molecule has 0 saturated heterocycles. The maximum Gasteiger partial charge on any atom is 0.333 e. The molecule has 2 rings (SSSR count). The van der Waals surface area contributed by atoms with Crippen LogP contribution in [0.25, 0.3) is 0 Å². The third kappa shape index (κ3) is 3.46. The molecule has 0 radical (unpaired) electrons. The number of hydrazine groups is 1. The molecule has 0 atom stereocenters. The highest BCUT2D eigenvalue weighted by Gasteiger charge is 2.09. The fourth-order valence-electron chi connectivity index (χ4n) is 1.62. The second-order valence-electron chi connectivity index (χ2n) is 3.86. The predicted octanol–water partition coefficient (Wildman–Crippen LogP) is 1.39. The van der Waals surface area contributed by atoms with Crippen LogP contribution in [0.15, 0.2) is 30.5 Å². The number of carbonyl (C=O) groups excluding carboxylic acids is 1. The maximum absolute atomic E-state index is 11.7. The lowest BCUT2D eigenvalue weighted by Gasteiger charge is -2.23. The van der Waals surface area contributed by atoms with Crippen LogP contribution >= 0.6 is 0 Å². The van der Waals surface area contributed by atoms with E-state index in [2.05, 4.69) is 21.8 Å². The average Bonchev–Trinajstić information content (AvgIpc) is 2.40. The number of pyridine rings is 1. The summed E-state index contributed by atoms with van der Waals surface area (Å²) in [5.41, 5.74) is 3.39. The number of methoxy groups -OCH3 is 1. The van der Waals surface area contributed by atoms with E-state index >= 15 is 0 Å². The highest BCUT2D eigenvalue weighted by Crippen LogP contribution is 2.10. The third-order valence-corrected chi connectivity index (χ3v) is 2.52. The molecule has 2 heterocycles. The minimum Gasteiger partial charge on any atom is -0.481 e. The van der Waals surface area contributed by atoms with Gasteiger partial charge in [-0.05, 0) is 12.5 Å². The Balaban J connectivity index is 1.84. The summed E-state index contributed by atoms with van der Waals surface area (Å²) in [7, 11) is 1.55. The molecule has 0 unspecified atom stereocenters. The largest absolute Gasteiger partial charge is 0.481 e. The van der Waals surface area contributed by atoms with Crippen molar-refractivity contribution in [1.82, 2.24) is 15.4 Å². The molecule has 1 aromatic heterocycles. The van der Waals surface area contributed by atoms with Crippen molar-refractivity contribution in [2.45, 2.75) is 6.42 Å². The van der Waals surface area contributed by atoms with Gasteiger partial charge in [0.25, 0.3) is 0 Å². The molecule has 1 aliphatic rings. The van der Waals surface area contributed by atoms with Crippen molar-refractivity contribution in [3.8, 4) is 5.88 Å². The zero-order chi connectivity index (χ0) is 12.8. The van der Waals surface area contributed by atoms with Crippen LogP contribution in [0, 0.1) is 0 Å². The number of ether oxygens (including phenoxy) is 1. The first kappa shape index (κ1) is 12.4. The number of hydrogen-bond donors (Lipinski definition) is 2. The Hall–Kier alpha value is -2.08. The smallest absolute Gasteiger partial charge is 0.333 e. The summed E-state index contributed by atoms with van der Waals surface area (Å²) in [5.74, 6) is 0.516. The summed E-state index contributed by atoms with van der Waals surface area (Å²) in [4.78, 5) is 15.7. The Kier molecular flexibility index (Phi) is 4.14. The standard InChI is InChI=1S/C12H16N4O2/c1-18-11-6-5-10(9-13-11)14-12(17)15-16-7-3-2-4-8-16/h2-3,5-6,9H,4,7-8H2,1H3,(H2,14,15,17). The lowest BCUT2D eigenvalue weighted by atomic mass is 10.3. The number of hydrogen-bond acceptors (Lipinski definition) is 4. The first-order valence-electron chi connectivity index (χ1n) is 5.75. The molecule has 0 aromatic carbocycles. The number of aromatic nitrogens is 1.